The van der Waals surface area contributed by atoms with Crippen molar-refractivity contribution in [2.75, 3.05) is 6.54 Å². The van der Waals surface area contributed by atoms with Gasteiger partial charge in [0.15, 0.2) is 0 Å². The van der Waals surface area contributed by atoms with E-state index in [2.05, 4.69) is 18.5 Å². The lowest BCUT2D eigenvalue weighted by molar-refractivity contribution is -0.146. The van der Waals surface area contributed by atoms with Crippen molar-refractivity contribution in [3.63, 3.8) is 0 Å². The summed E-state index contributed by atoms with van der Waals surface area (Å²) in [6.45, 7) is 12.0. The van der Waals surface area contributed by atoms with Crippen molar-refractivity contribution in [1.29, 1.82) is 0 Å². The Bertz CT molecular complexity index is 676. The van der Waals surface area contributed by atoms with Gasteiger partial charge >= 0.3 is 11.9 Å². The maximum absolute atomic E-state index is 12.6. The summed E-state index contributed by atoms with van der Waals surface area (Å²) < 4.78 is 5.69. The number of nitrogens with one attached hydrogen (secondary N) is 1. The van der Waals surface area contributed by atoms with Crippen molar-refractivity contribution in [1.82, 2.24) is 5.32 Å². The van der Waals surface area contributed by atoms with Crippen LogP contribution in [0.2, 0.25) is 0 Å². The summed E-state index contributed by atoms with van der Waals surface area (Å²) in [4.78, 5) is 24.2. The normalized spacial score (nSPS) is 39.7. The number of rotatable bonds is 6. The Morgan fingerprint density at radius 3 is 2.64 bits per heavy atom. The smallest absolute Gasteiger partial charge is 0.320 e. The van der Waals surface area contributed by atoms with Crippen LogP contribution in [-0.2, 0) is 14.3 Å². The van der Waals surface area contributed by atoms with Crippen molar-refractivity contribution in [2.45, 2.75) is 57.5 Å². The van der Waals surface area contributed by atoms with E-state index < -0.39 is 48.1 Å². The average Bonchev–Trinajstić information content (AvgIpc) is 3.08. The molecular formula is C21H31NO6. The van der Waals surface area contributed by atoms with Gasteiger partial charge < -0.3 is 25.4 Å². The molecule has 28 heavy (non-hydrogen) atoms. The van der Waals surface area contributed by atoms with E-state index in [-0.39, 0.29) is 24.3 Å². The van der Waals surface area contributed by atoms with Gasteiger partial charge in [-0.2, -0.15) is 0 Å². The van der Waals surface area contributed by atoms with Gasteiger partial charge in [-0.3, -0.25) is 9.59 Å². The van der Waals surface area contributed by atoms with E-state index in [0.717, 1.165) is 5.57 Å². The van der Waals surface area contributed by atoms with Gasteiger partial charge in [-0.25, -0.2) is 0 Å². The molecule has 3 rings (SSSR count). The van der Waals surface area contributed by atoms with Crippen molar-refractivity contribution in [3.05, 3.63) is 24.3 Å². The van der Waals surface area contributed by atoms with Gasteiger partial charge in [0.1, 0.15) is 12.1 Å². The standard InChI is InChI=1S/C21H31NO6/c1-5-9(2)18(20(25)26)22-8-13-17-15(24)6-10(3)12-7-14(23)11(4)16(12)19(17)28-21(13)27/h9,12-19,22-24H,3-8H2,1-2H3,(H,25,26)/t9-,12+,13+,14+,15+,16+,17-,18+,19-/m1/s1. The number of ether oxygens (including phenoxy) is 1. The highest BCUT2D eigenvalue weighted by atomic mass is 16.6. The largest absolute Gasteiger partial charge is 0.480 e. The van der Waals surface area contributed by atoms with Crippen LogP contribution in [0.15, 0.2) is 24.3 Å². The first kappa shape index (κ1) is 21.0. The number of aliphatic hydroxyl groups is 2. The lowest BCUT2D eigenvalue weighted by atomic mass is 9.78. The molecule has 0 bridgehead atoms. The Balaban J connectivity index is 1.83. The molecule has 1 saturated heterocycles. The predicted octanol–water partition coefficient (Wildman–Crippen LogP) is 1.11. The summed E-state index contributed by atoms with van der Waals surface area (Å²) in [5.74, 6) is -2.96. The van der Waals surface area contributed by atoms with Crippen LogP contribution in [0.25, 0.3) is 0 Å². The number of esters is 1. The Kier molecular flexibility index (Phi) is 5.98. The molecule has 9 atom stereocenters. The fourth-order valence-corrected chi connectivity index (χ4v) is 5.16. The van der Waals surface area contributed by atoms with Gasteiger partial charge in [0, 0.05) is 18.4 Å². The summed E-state index contributed by atoms with van der Waals surface area (Å²) in [5, 5.41) is 33.6. The third-order valence-electron chi connectivity index (χ3n) is 7.00. The number of hydrogen-bond donors (Lipinski definition) is 4. The highest BCUT2D eigenvalue weighted by Crippen LogP contribution is 2.52. The number of carbonyl (C=O) groups is 2. The van der Waals surface area contributed by atoms with Crippen LogP contribution < -0.4 is 5.32 Å². The molecule has 4 N–H and O–H groups in total. The number of fused-ring (bicyclic) bond motifs is 3. The van der Waals surface area contributed by atoms with Crippen LogP contribution in [0.5, 0.6) is 0 Å². The summed E-state index contributed by atoms with van der Waals surface area (Å²) in [7, 11) is 0. The molecule has 0 aromatic heterocycles. The number of carboxylic acid groups (broad SMARTS) is 1. The number of carbonyl (C=O) groups excluding carboxylic acids is 1. The van der Waals surface area contributed by atoms with Crippen LogP contribution in [0, 0.1) is 29.6 Å². The molecule has 0 aromatic carbocycles. The number of aliphatic hydroxyl groups excluding tert-OH is 2. The van der Waals surface area contributed by atoms with E-state index in [1.807, 2.05) is 13.8 Å². The first-order valence-electron chi connectivity index (χ1n) is 10.1. The Hall–Kier alpha value is -1.70. The zero-order valence-electron chi connectivity index (χ0n) is 16.5. The summed E-state index contributed by atoms with van der Waals surface area (Å²) in [6, 6.07) is -0.772. The van der Waals surface area contributed by atoms with Crippen molar-refractivity contribution < 1.29 is 29.6 Å². The molecule has 3 aliphatic rings. The van der Waals surface area contributed by atoms with Crippen LogP contribution in [-0.4, -0.2) is 58.2 Å². The van der Waals surface area contributed by atoms with Gasteiger partial charge in [-0.15, -0.1) is 0 Å². The average molecular weight is 393 g/mol. The van der Waals surface area contributed by atoms with E-state index in [9.17, 15) is 24.9 Å². The molecule has 156 valence electrons. The minimum atomic E-state index is -0.959. The van der Waals surface area contributed by atoms with Crippen molar-refractivity contribution in [2.24, 2.45) is 29.6 Å². The van der Waals surface area contributed by atoms with Gasteiger partial charge in [0.05, 0.1) is 18.1 Å². The maximum atomic E-state index is 12.6. The number of aliphatic carboxylic acids is 1. The molecule has 0 aromatic rings. The molecule has 1 aliphatic heterocycles. The first-order chi connectivity index (χ1) is 13.2. The van der Waals surface area contributed by atoms with Crippen LogP contribution >= 0.6 is 0 Å². The van der Waals surface area contributed by atoms with Gasteiger partial charge in [0.25, 0.3) is 0 Å². The third-order valence-corrected chi connectivity index (χ3v) is 7.00. The Morgan fingerprint density at radius 2 is 2.04 bits per heavy atom. The number of hydrogen-bond acceptors (Lipinski definition) is 6. The molecular weight excluding hydrogens is 362 g/mol. The van der Waals surface area contributed by atoms with E-state index in [0.29, 0.717) is 24.8 Å². The fraction of sp³-hybridized carbons (Fsp3) is 0.714. The Labute approximate surface area is 165 Å². The Morgan fingerprint density at radius 1 is 1.36 bits per heavy atom. The summed E-state index contributed by atoms with van der Waals surface area (Å²) in [6.07, 6.45) is -0.542. The van der Waals surface area contributed by atoms with Crippen LogP contribution in [0.3, 0.4) is 0 Å². The molecule has 0 radical (unpaired) electrons. The van der Waals surface area contributed by atoms with E-state index in [4.69, 9.17) is 4.74 Å². The lowest BCUT2D eigenvalue weighted by Gasteiger charge is -2.29. The van der Waals surface area contributed by atoms with Gasteiger partial charge in [-0.05, 0) is 30.3 Å². The highest BCUT2D eigenvalue weighted by Gasteiger charge is 2.57. The van der Waals surface area contributed by atoms with Crippen LogP contribution in [0.1, 0.15) is 33.1 Å². The molecule has 7 heteroatoms. The SMILES string of the molecule is C=C1[C@@H]2[C@H]3OC(=O)[C@@H](CN[C@H](C(=O)O)[C@H](C)CC)[C@@H]3[C@@H](O)CC(=C)[C@@H]2C[C@@H]1O. The second kappa shape index (κ2) is 7.97. The molecule has 3 fully saturated rings. The molecule has 0 spiro atoms. The van der Waals surface area contributed by atoms with Crippen molar-refractivity contribution in [3.8, 4) is 0 Å². The summed E-state index contributed by atoms with van der Waals surface area (Å²) in [5.41, 5.74) is 1.47. The highest BCUT2D eigenvalue weighted by molar-refractivity contribution is 5.77. The van der Waals surface area contributed by atoms with E-state index in [1.54, 1.807) is 0 Å². The van der Waals surface area contributed by atoms with E-state index >= 15 is 0 Å². The zero-order valence-corrected chi connectivity index (χ0v) is 16.5. The molecule has 0 unspecified atom stereocenters. The molecule has 7 nitrogen and oxygen atoms in total. The topological polar surface area (TPSA) is 116 Å². The molecule has 2 saturated carbocycles. The predicted molar refractivity (Wildman–Crippen MR) is 102 cm³/mol. The monoisotopic (exact) mass is 393 g/mol. The maximum Gasteiger partial charge on any atom is 0.320 e. The van der Waals surface area contributed by atoms with Crippen LogP contribution in [0.4, 0.5) is 0 Å². The van der Waals surface area contributed by atoms with Crippen molar-refractivity contribution >= 4 is 11.9 Å². The quantitative estimate of drug-likeness (QED) is 0.394. The second-order valence-corrected chi connectivity index (χ2v) is 8.58. The second-order valence-electron chi connectivity index (χ2n) is 8.58. The lowest BCUT2D eigenvalue weighted by Crippen LogP contribution is -2.47. The molecule has 0 amide bonds. The molecule has 1 heterocycles. The summed E-state index contributed by atoms with van der Waals surface area (Å²) >= 11 is 0. The fourth-order valence-electron chi connectivity index (χ4n) is 5.16. The minimum absolute atomic E-state index is 0.0708. The molecule has 2 aliphatic carbocycles. The number of carboxylic acids is 1. The first-order valence-corrected chi connectivity index (χ1v) is 10.1. The van der Waals surface area contributed by atoms with Gasteiger partial charge in [-0.1, -0.05) is 39.0 Å². The van der Waals surface area contributed by atoms with E-state index in [1.165, 1.54) is 0 Å². The zero-order chi connectivity index (χ0) is 20.7. The van der Waals surface area contributed by atoms with Gasteiger partial charge in [0.2, 0.25) is 0 Å². The third kappa shape index (κ3) is 3.51. The minimum Gasteiger partial charge on any atom is -0.480 e.